The van der Waals surface area contributed by atoms with Gasteiger partial charge in [0.05, 0.1) is 0 Å². The monoisotopic (exact) mass is 600 g/mol. The molecule has 202 valence electrons. The number of thioether (sulfide) groups is 2. The number of aryl methyl sites for hydroxylation is 2. The zero-order valence-electron chi connectivity index (χ0n) is 22.7. The maximum absolute atomic E-state index is 4.98. The van der Waals surface area contributed by atoms with Crippen LogP contribution in [0.1, 0.15) is 13.8 Å². The van der Waals surface area contributed by atoms with E-state index in [0.717, 1.165) is 66.4 Å². The Morgan fingerprint density at radius 3 is 1.48 bits per heavy atom. The molecule has 4 aromatic heterocycles. The third kappa shape index (κ3) is 5.25. The molecule has 40 heavy (non-hydrogen) atoms. The van der Waals surface area contributed by atoms with Crippen LogP contribution >= 0.6 is 45.1 Å². The molecule has 0 unspecified atom stereocenters. The van der Waals surface area contributed by atoms with E-state index in [4.69, 9.17) is 19.9 Å². The van der Waals surface area contributed by atoms with Crippen molar-refractivity contribution < 1.29 is 0 Å². The Morgan fingerprint density at radius 1 is 0.625 bits per heavy atom. The highest BCUT2D eigenvalue weighted by Crippen LogP contribution is 2.40. The summed E-state index contributed by atoms with van der Waals surface area (Å²) in [6, 6.07) is 21.1. The Kier molecular flexibility index (Phi) is 8.11. The topological polar surface area (TPSA) is 61.4 Å². The second-order valence-corrected chi connectivity index (χ2v) is 13.9. The minimum Gasteiger partial charge on any atom is -0.312 e. The normalized spacial score (nSPS) is 11.6. The van der Waals surface area contributed by atoms with Crippen LogP contribution in [0.15, 0.2) is 92.6 Å². The van der Waals surface area contributed by atoms with Crippen molar-refractivity contribution in [2.24, 2.45) is 14.1 Å². The molecule has 0 atom stereocenters. The SMILES string of the molecule is CCSc1ccccc1-c1nc2cc(SSc3cnc4c(c3)nc(-c3ccccc3SCC)n4C)cnc2n1C. The van der Waals surface area contributed by atoms with E-state index in [2.05, 4.69) is 83.6 Å². The van der Waals surface area contributed by atoms with Crippen LogP contribution in [0, 0.1) is 0 Å². The maximum atomic E-state index is 4.98. The average molecular weight is 601 g/mol. The first-order chi connectivity index (χ1) is 19.6. The first-order valence-corrected chi connectivity index (χ1v) is 17.1. The van der Waals surface area contributed by atoms with Gasteiger partial charge in [-0.15, -0.1) is 23.5 Å². The lowest BCUT2D eigenvalue weighted by atomic mass is 10.2. The fourth-order valence-electron chi connectivity index (χ4n) is 4.65. The Morgan fingerprint density at radius 2 is 1.05 bits per heavy atom. The molecule has 0 amide bonds. The number of benzene rings is 2. The van der Waals surface area contributed by atoms with E-state index < -0.39 is 0 Å². The van der Waals surface area contributed by atoms with E-state index in [1.54, 1.807) is 21.6 Å². The van der Waals surface area contributed by atoms with E-state index in [-0.39, 0.29) is 0 Å². The van der Waals surface area contributed by atoms with Crippen molar-refractivity contribution in [2.45, 2.75) is 33.4 Å². The minimum absolute atomic E-state index is 0.881. The Hall–Kier alpha value is -2.92. The van der Waals surface area contributed by atoms with Crippen LogP contribution in [-0.2, 0) is 14.1 Å². The first-order valence-electron chi connectivity index (χ1n) is 13.0. The third-order valence-corrected chi connectivity index (χ3v) is 10.7. The Bertz CT molecular complexity index is 1690. The summed E-state index contributed by atoms with van der Waals surface area (Å²) in [5.74, 6) is 3.91. The van der Waals surface area contributed by atoms with Gasteiger partial charge in [-0.05, 0) is 35.8 Å². The lowest BCUT2D eigenvalue weighted by Gasteiger charge is -2.07. The minimum atomic E-state index is 0.881. The summed E-state index contributed by atoms with van der Waals surface area (Å²) in [5, 5.41) is 0. The van der Waals surface area contributed by atoms with Gasteiger partial charge in [-0.2, -0.15) is 0 Å². The van der Waals surface area contributed by atoms with Crippen molar-refractivity contribution in [1.29, 1.82) is 0 Å². The fourth-order valence-corrected chi connectivity index (χ4v) is 8.08. The van der Waals surface area contributed by atoms with Crippen molar-refractivity contribution >= 4 is 67.4 Å². The van der Waals surface area contributed by atoms with Gasteiger partial charge in [-0.1, -0.05) is 71.8 Å². The molecule has 0 aliphatic carbocycles. The molecule has 6 aromatic rings. The molecule has 2 aromatic carbocycles. The van der Waals surface area contributed by atoms with Crippen LogP contribution < -0.4 is 0 Å². The summed E-state index contributed by atoms with van der Waals surface area (Å²) < 4.78 is 4.17. The number of fused-ring (bicyclic) bond motifs is 2. The molecule has 0 fully saturated rings. The quantitative estimate of drug-likeness (QED) is 0.121. The van der Waals surface area contributed by atoms with Gasteiger partial charge in [-0.3, -0.25) is 0 Å². The highest BCUT2D eigenvalue weighted by molar-refractivity contribution is 8.76. The van der Waals surface area contributed by atoms with Gasteiger partial charge in [0.15, 0.2) is 11.3 Å². The molecule has 0 aliphatic heterocycles. The molecule has 10 heteroatoms. The number of aromatic nitrogens is 6. The van der Waals surface area contributed by atoms with E-state index >= 15 is 0 Å². The summed E-state index contributed by atoms with van der Waals surface area (Å²) in [4.78, 5) is 24.1. The number of pyridine rings is 2. The lowest BCUT2D eigenvalue weighted by molar-refractivity contribution is 0.936. The van der Waals surface area contributed by atoms with Gasteiger partial charge >= 0.3 is 0 Å². The van der Waals surface area contributed by atoms with E-state index in [1.165, 1.54) is 9.79 Å². The Balaban J connectivity index is 1.25. The predicted octanol–water partition coefficient (Wildman–Crippen LogP) is 8.61. The largest absolute Gasteiger partial charge is 0.312 e. The average Bonchev–Trinajstić information content (AvgIpc) is 3.48. The van der Waals surface area contributed by atoms with Crippen LogP contribution in [0.2, 0.25) is 0 Å². The van der Waals surface area contributed by atoms with Crippen molar-refractivity contribution in [3.63, 3.8) is 0 Å². The molecular formula is C30H28N6S4. The predicted molar refractivity (Wildman–Crippen MR) is 172 cm³/mol. The highest BCUT2D eigenvalue weighted by atomic mass is 33.1. The van der Waals surface area contributed by atoms with Gasteiger partial charge in [0.2, 0.25) is 0 Å². The molecule has 4 heterocycles. The number of hydrogen-bond donors (Lipinski definition) is 0. The molecule has 0 spiro atoms. The molecule has 0 N–H and O–H groups in total. The highest BCUT2D eigenvalue weighted by Gasteiger charge is 2.17. The first kappa shape index (κ1) is 27.3. The molecule has 0 bridgehead atoms. The van der Waals surface area contributed by atoms with Crippen molar-refractivity contribution in [3.05, 3.63) is 73.1 Å². The standard InChI is InChI=1S/C30H28N6S4/c1-5-37-25-13-9-7-11-21(25)27-33-23-15-19(17-31-29(23)35(27)3)39-40-20-16-24-30(32-18-20)36(4)28(34-24)22-12-8-10-14-26(22)38-6-2/h7-18H,5-6H2,1-4H3. The summed E-state index contributed by atoms with van der Waals surface area (Å²) >= 11 is 3.67. The molecule has 6 nitrogen and oxygen atoms in total. The second kappa shape index (κ2) is 11.9. The van der Waals surface area contributed by atoms with Gasteiger partial charge < -0.3 is 9.13 Å². The second-order valence-electron chi connectivity index (χ2n) is 9.04. The zero-order chi connectivity index (χ0) is 27.6. The molecule has 6 rings (SSSR count). The van der Waals surface area contributed by atoms with Gasteiger partial charge in [-0.25, -0.2) is 19.9 Å². The van der Waals surface area contributed by atoms with Crippen LogP contribution in [-0.4, -0.2) is 40.6 Å². The molecule has 0 aliphatic rings. The zero-order valence-corrected chi connectivity index (χ0v) is 25.9. The van der Waals surface area contributed by atoms with Crippen molar-refractivity contribution in [3.8, 4) is 22.8 Å². The van der Waals surface area contributed by atoms with Crippen molar-refractivity contribution in [1.82, 2.24) is 29.1 Å². The smallest absolute Gasteiger partial charge is 0.160 e. The molecule has 0 saturated carbocycles. The van der Waals surface area contributed by atoms with Gasteiger partial charge in [0.25, 0.3) is 0 Å². The molecular weight excluding hydrogens is 573 g/mol. The molecule has 0 radical (unpaired) electrons. The number of rotatable bonds is 9. The van der Waals surface area contributed by atoms with Crippen LogP contribution in [0.3, 0.4) is 0 Å². The summed E-state index contributed by atoms with van der Waals surface area (Å²) in [6.07, 6.45) is 3.84. The van der Waals surface area contributed by atoms with Gasteiger partial charge in [0.1, 0.15) is 22.7 Å². The summed E-state index contributed by atoms with van der Waals surface area (Å²) in [5.41, 5.74) is 5.83. The molecule has 0 saturated heterocycles. The van der Waals surface area contributed by atoms with E-state index in [0.29, 0.717) is 0 Å². The number of hydrogen-bond acceptors (Lipinski definition) is 8. The van der Waals surface area contributed by atoms with E-state index in [9.17, 15) is 0 Å². The van der Waals surface area contributed by atoms with Crippen LogP contribution in [0.5, 0.6) is 0 Å². The number of nitrogens with zero attached hydrogens (tertiary/aromatic N) is 6. The Labute approximate surface area is 250 Å². The van der Waals surface area contributed by atoms with Crippen LogP contribution in [0.25, 0.3) is 45.1 Å². The van der Waals surface area contributed by atoms with E-state index in [1.807, 2.05) is 50.0 Å². The summed E-state index contributed by atoms with van der Waals surface area (Å²) in [7, 11) is 7.39. The summed E-state index contributed by atoms with van der Waals surface area (Å²) in [6.45, 7) is 4.34. The van der Waals surface area contributed by atoms with Crippen molar-refractivity contribution in [2.75, 3.05) is 11.5 Å². The lowest BCUT2D eigenvalue weighted by Crippen LogP contribution is -1.95. The third-order valence-electron chi connectivity index (χ3n) is 6.46. The fraction of sp³-hybridized carbons (Fsp3) is 0.200. The number of imidazole rings is 2. The van der Waals surface area contributed by atoms with Gasteiger partial charge in [0, 0.05) is 57.2 Å². The maximum Gasteiger partial charge on any atom is 0.160 e. The van der Waals surface area contributed by atoms with Crippen LogP contribution in [0.4, 0.5) is 0 Å².